The van der Waals surface area contributed by atoms with Gasteiger partial charge in [0.15, 0.2) is 0 Å². The zero-order chi connectivity index (χ0) is 15.2. The molecule has 1 atom stereocenters. The van der Waals surface area contributed by atoms with E-state index in [1.165, 1.54) is 0 Å². The summed E-state index contributed by atoms with van der Waals surface area (Å²) in [6.07, 6.45) is 10.9. The summed E-state index contributed by atoms with van der Waals surface area (Å²) < 4.78 is 15.5. The predicted octanol–water partition coefficient (Wildman–Crippen LogP) is 3.16. The molecule has 0 radical (unpaired) electrons. The summed E-state index contributed by atoms with van der Waals surface area (Å²) in [7, 11) is 3.25. The number of methoxy groups -OCH3 is 1. The van der Waals surface area contributed by atoms with Gasteiger partial charge in [-0.25, -0.2) is 0 Å². The third-order valence-electron chi connectivity index (χ3n) is 2.48. The first-order chi connectivity index (χ1) is 9.63. The summed E-state index contributed by atoms with van der Waals surface area (Å²) in [6, 6.07) is 0. The van der Waals surface area contributed by atoms with Crippen LogP contribution in [0.2, 0.25) is 0 Å². The fourth-order valence-corrected chi connectivity index (χ4v) is 1.41. The summed E-state index contributed by atoms with van der Waals surface area (Å²) in [5.74, 6) is 0.844. The molecule has 0 amide bonds. The Balaban J connectivity index is 0.00000110. The van der Waals surface area contributed by atoms with Gasteiger partial charge < -0.3 is 19.9 Å². The van der Waals surface area contributed by atoms with Crippen LogP contribution in [0, 0.1) is 0 Å². The van der Waals surface area contributed by atoms with Crippen molar-refractivity contribution in [2.24, 2.45) is 5.73 Å². The zero-order valence-corrected chi connectivity index (χ0v) is 13.2. The molecule has 0 aromatic rings. The molecule has 0 bridgehead atoms. The molecule has 0 saturated carbocycles. The van der Waals surface area contributed by atoms with Crippen molar-refractivity contribution in [3.8, 4) is 0 Å². The number of nitrogens with two attached hydrogens (primary N) is 1. The lowest BCUT2D eigenvalue weighted by molar-refractivity contribution is 0.0142. The Bertz CT molecular complexity index is 322. The molecule has 0 spiro atoms. The molecule has 1 aliphatic rings. The van der Waals surface area contributed by atoms with Gasteiger partial charge in [-0.3, -0.25) is 0 Å². The molecular weight excluding hydrogens is 254 g/mol. The van der Waals surface area contributed by atoms with Crippen LogP contribution in [-0.4, -0.2) is 33.5 Å². The van der Waals surface area contributed by atoms with Crippen LogP contribution in [-0.2, 0) is 14.2 Å². The normalized spacial score (nSPS) is 15.4. The van der Waals surface area contributed by atoms with Gasteiger partial charge in [-0.15, -0.1) is 0 Å². The summed E-state index contributed by atoms with van der Waals surface area (Å²) in [5.41, 5.74) is 6.57. The monoisotopic (exact) mass is 283 g/mol. The highest BCUT2D eigenvalue weighted by Crippen LogP contribution is 2.09. The summed E-state index contributed by atoms with van der Waals surface area (Å²) in [5, 5.41) is 0. The molecule has 0 aliphatic heterocycles. The smallest absolute Gasteiger partial charge is 0.119 e. The Morgan fingerprint density at radius 3 is 2.65 bits per heavy atom. The van der Waals surface area contributed by atoms with Gasteiger partial charge in [-0.05, 0) is 31.6 Å². The average Bonchev–Trinajstić information content (AvgIpc) is 2.62. The summed E-state index contributed by atoms with van der Waals surface area (Å²) in [4.78, 5) is 0. The molecule has 1 rings (SSSR count). The lowest BCUT2D eigenvalue weighted by Crippen LogP contribution is -2.16. The van der Waals surface area contributed by atoms with E-state index in [0.717, 1.165) is 37.3 Å². The third-order valence-corrected chi connectivity index (χ3v) is 2.48. The highest BCUT2D eigenvalue weighted by molar-refractivity contribution is 5.26. The van der Waals surface area contributed by atoms with E-state index in [4.69, 9.17) is 15.2 Å². The van der Waals surface area contributed by atoms with Crippen LogP contribution in [0.15, 0.2) is 35.8 Å². The minimum Gasteiger partial charge on any atom is -0.491 e. The van der Waals surface area contributed by atoms with Gasteiger partial charge in [0.05, 0.1) is 6.10 Å². The van der Waals surface area contributed by atoms with E-state index in [2.05, 4.69) is 11.7 Å². The van der Waals surface area contributed by atoms with Crippen molar-refractivity contribution in [1.82, 2.24) is 0 Å². The van der Waals surface area contributed by atoms with Crippen LogP contribution >= 0.6 is 0 Å². The average molecular weight is 283 g/mol. The summed E-state index contributed by atoms with van der Waals surface area (Å²) in [6.45, 7) is 5.57. The van der Waals surface area contributed by atoms with Crippen LogP contribution < -0.4 is 5.73 Å². The first kappa shape index (κ1) is 18.7. The number of rotatable bonds is 7. The Labute approximate surface area is 123 Å². The Morgan fingerprint density at radius 2 is 2.00 bits per heavy atom. The number of unbranched alkanes of at least 4 members (excludes halogenated alkanes) is 1. The number of hydrogen-bond acceptors (Lipinski definition) is 4. The van der Waals surface area contributed by atoms with Crippen molar-refractivity contribution < 1.29 is 14.2 Å². The maximum Gasteiger partial charge on any atom is 0.119 e. The van der Waals surface area contributed by atoms with E-state index >= 15 is 0 Å². The quantitative estimate of drug-likeness (QED) is 0.729. The van der Waals surface area contributed by atoms with Gasteiger partial charge in [-0.2, -0.15) is 0 Å². The summed E-state index contributed by atoms with van der Waals surface area (Å²) >= 11 is 0. The van der Waals surface area contributed by atoms with Crippen LogP contribution in [0.4, 0.5) is 0 Å². The van der Waals surface area contributed by atoms with E-state index in [9.17, 15) is 0 Å². The molecular formula is C16H29NO3. The first-order valence-electron chi connectivity index (χ1n) is 7.11. The third kappa shape index (κ3) is 10.6. The fourth-order valence-electron chi connectivity index (χ4n) is 1.41. The van der Waals surface area contributed by atoms with Crippen molar-refractivity contribution in [2.45, 2.75) is 39.2 Å². The minimum atomic E-state index is 0.125. The van der Waals surface area contributed by atoms with E-state index in [1.807, 2.05) is 31.2 Å². The van der Waals surface area contributed by atoms with Crippen LogP contribution in [0.25, 0.3) is 0 Å². The molecule has 0 aromatic heterocycles. The highest BCUT2D eigenvalue weighted by atomic mass is 16.5. The Morgan fingerprint density at radius 1 is 1.30 bits per heavy atom. The molecule has 0 aromatic carbocycles. The van der Waals surface area contributed by atoms with E-state index in [0.29, 0.717) is 6.61 Å². The van der Waals surface area contributed by atoms with Gasteiger partial charge in [0.2, 0.25) is 0 Å². The van der Waals surface area contributed by atoms with Crippen molar-refractivity contribution in [3.05, 3.63) is 35.8 Å². The van der Waals surface area contributed by atoms with Gasteiger partial charge in [0, 0.05) is 32.9 Å². The minimum absolute atomic E-state index is 0.125. The molecule has 0 heterocycles. The lowest BCUT2D eigenvalue weighted by Gasteiger charge is -2.14. The molecule has 0 fully saturated rings. The SMILES string of the molecule is CCCCOC(C)COC1=CC=C(N)CC=C1.COC. The Hall–Kier alpha value is -1.26. The maximum absolute atomic E-state index is 5.72. The molecule has 116 valence electrons. The fraction of sp³-hybridized carbons (Fsp3) is 0.625. The van der Waals surface area contributed by atoms with Crippen LogP contribution in [0.3, 0.4) is 0 Å². The second-order valence-corrected chi connectivity index (χ2v) is 4.67. The van der Waals surface area contributed by atoms with Crippen LogP contribution in [0.5, 0.6) is 0 Å². The highest BCUT2D eigenvalue weighted by Gasteiger charge is 2.04. The van der Waals surface area contributed by atoms with Crippen LogP contribution in [0.1, 0.15) is 33.1 Å². The first-order valence-corrected chi connectivity index (χ1v) is 7.11. The second-order valence-electron chi connectivity index (χ2n) is 4.67. The number of hydrogen-bond donors (Lipinski definition) is 1. The van der Waals surface area contributed by atoms with Crippen molar-refractivity contribution in [1.29, 1.82) is 0 Å². The van der Waals surface area contributed by atoms with Gasteiger partial charge in [-0.1, -0.05) is 19.4 Å². The van der Waals surface area contributed by atoms with Gasteiger partial charge in [0.1, 0.15) is 12.4 Å². The molecule has 2 N–H and O–H groups in total. The van der Waals surface area contributed by atoms with E-state index in [-0.39, 0.29) is 6.10 Å². The van der Waals surface area contributed by atoms with Crippen molar-refractivity contribution >= 4 is 0 Å². The lowest BCUT2D eigenvalue weighted by atomic mass is 10.3. The number of ether oxygens (including phenoxy) is 3. The molecule has 1 unspecified atom stereocenters. The standard InChI is InChI=1S/C14H23NO2.C2H6O/c1-3-4-10-16-12(2)11-17-14-7-5-6-13(15)8-9-14;1-3-2/h5,7-9,12H,3-4,6,10-11,15H2,1-2H3;1-2H3. The largest absolute Gasteiger partial charge is 0.491 e. The zero-order valence-electron chi connectivity index (χ0n) is 13.2. The van der Waals surface area contributed by atoms with Gasteiger partial charge >= 0.3 is 0 Å². The molecule has 4 nitrogen and oxygen atoms in total. The van der Waals surface area contributed by atoms with Crippen molar-refractivity contribution in [3.63, 3.8) is 0 Å². The molecule has 0 saturated heterocycles. The number of allylic oxidation sites excluding steroid dienone is 4. The van der Waals surface area contributed by atoms with E-state index in [1.54, 1.807) is 14.2 Å². The van der Waals surface area contributed by atoms with Crippen molar-refractivity contribution in [2.75, 3.05) is 27.4 Å². The predicted molar refractivity (Wildman–Crippen MR) is 83.3 cm³/mol. The maximum atomic E-state index is 5.72. The van der Waals surface area contributed by atoms with Gasteiger partial charge in [0.25, 0.3) is 0 Å². The Kier molecular flexibility index (Phi) is 12.0. The molecule has 20 heavy (non-hydrogen) atoms. The second kappa shape index (κ2) is 12.8. The van der Waals surface area contributed by atoms with E-state index < -0.39 is 0 Å². The topological polar surface area (TPSA) is 53.7 Å². The molecule has 4 heteroatoms. The molecule has 1 aliphatic carbocycles.